The van der Waals surface area contributed by atoms with Crippen molar-refractivity contribution in [2.24, 2.45) is 0 Å². The molecule has 0 aromatic carbocycles. The van der Waals surface area contributed by atoms with Gasteiger partial charge < -0.3 is 10.2 Å². The molecule has 0 unspecified atom stereocenters. The zero-order valence-corrected chi connectivity index (χ0v) is 11.4. The van der Waals surface area contributed by atoms with Gasteiger partial charge >= 0.3 is 6.18 Å². The van der Waals surface area contributed by atoms with Crippen LogP contribution in [-0.4, -0.2) is 45.5 Å². The summed E-state index contributed by atoms with van der Waals surface area (Å²) in [5.74, 6) is -0.580. The third-order valence-electron chi connectivity index (χ3n) is 3.46. The van der Waals surface area contributed by atoms with E-state index in [0.29, 0.717) is 5.82 Å². The summed E-state index contributed by atoms with van der Waals surface area (Å²) in [5.41, 5.74) is 0.0919. The van der Waals surface area contributed by atoms with Gasteiger partial charge in [-0.05, 0) is 18.6 Å². The van der Waals surface area contributed by atoms with Crippen molar-refractivity contribution in [2.75, 3.05) is 24.5 Å². The fourth-order valence-electron chi connectivity index (χ4n) is 2.33. The predicted molar refractivity (Wildman–Crippen MR) is 70.1 cm³/mol. The van der Waals surface area contributed by atoms with Gasteiger partial charge in [-0.25, -0.2) is 0 Å². The molecule has 0 radical (unpaired) electrons. The lowest BCUT2D eigenvalue weighted by Crippen LogP contribution is -2.57. The van der Waals surface area contributed by atoms with E-state index in [1.165, 1.54) is 6.07 Å². The van der Waals surface area contributed by atoms with Crippen LogP contribution in [0.4, 0.5) is 19.0 Å². The minimum Gasteiger partial charge on any atom is -0.350 e. The Hall–Kier alpha value is -1.90. The number of nitrogens with one attached hydrogen (secondary N) is 1. The van der Waals surface area contributed by atoms with Crippen molar-refractivity contribution < 1.29 is 13.2 Å². The summed E-state index contributed by atoms with van der Waals surface area (Å²) >= 11 is 0. The van der Waals surface area contributed by atoms with Crippen LogP contribution in [0, 0.1) is 0 Å². The second kappa shape index (κ2) is 5.14. The summed E-state index contributed by atoms with van der Waals surface area (Å²) in [6, 6.07) is 3.47. The maximum Gasteiger partial charge on any atom is 0.453 e. The molecular weight excluding hydrogens is 285 g/mol. The first-order valence-corrected chi connectivity index (χ1v) is 6.77. The molecule has 6 nitrogen and oxygen atoms in total. The van der Waals surface area contributed by atoms with Crippen LogP contribution in [0.2, 0.25) is 0 Å². The Morgan fingerprint density at radius 3 is 2.67 bits per heavy atom. The molecule has 3 rings (SSSR count). The molecule has 9 heteroatoms. The van der Waals surface area contributed by atoms with Gasteiger partial charge in [0, 0.05) is 19.6 Å². The van der Waals surface area contributed by atoms with Gasteiger partial charge in [0.2, 0.25) is 0 Å². The number of alkyl halides is 3. The van der Waals surface area contributed by atoms with E-state index in [2.05, 4.69) is 20.6 Å². The number of hydrogen-bond donors (Lipinski definition) is 1. The van der Waals surface area contributed by atoms with Crippen LogP contribution < -0.4 is 10.2 Å². The summed E-state index contributed by atoms with van der Waals surface area (Å²) in [5, 5.41) is 13.9. The van der Waals surface area contributed by atoms with Crippen molar-refractivity contribution in [2.45, 2.75) is 25.6 Å². The van der Waals surface area contributed by atoms with E-state index in [-0.39, 0.29) is 11.7 Å². The summed E-state index contributed by atoms with van der Waals surface area (Å²) in [6.45, 7) is 4.40. The highest BCUT2D eigenvalue weighted by Gasteiger charge is 2.38. The van der Waals surface area contributed by atoms with Crippen molar-refractivity contribution in [1.82, 2.24) is 25.1 Å². The molecule has 0 spiro atoms. The Bertz CT molecular complexity index is 633. The van der Waals surface area contributed by atoms with E-state index in [0.717, 1.165) is 30.6 Å². The monoisotopic (exact) mass is 300 g/mol. The average molecular weight is 300 g/mol. The van der Waals surface area contributed by atoms with Gasteiger partial charge in [0.15, 0.2) is 5.65 Å². The summed E-state index contributed by atoms with van der Waals surface area (Å²) in [6.07, 6.45) is -3.68. The Morgan fingerprint density at radius 1 is 1.33 bits per heavy atom. The molecule has 3 heterocycles. The lowest BCUT2D eigenvalue weighted by molar-refractivity contribution is -0.146. The number of halogens is 3. The number of hydrogen-bond acceptors (Lipinski definition) is 5. The first kappa shape index (κ1) is 14.1. The van der Waals surface area contributed by atoms with E-state index in [4.69, 9.17) is 0 Å². The Balaban J connectivity index is 2.02. The largest absolute Gasteiger partial charge is 0.453 e. The zero-order chi connectivity index (χ0) is 15.0. The van der Waals surface area contributed by atoms with Gasteiger partial charge in [0.1, 0.15) is 5.82 Å². The molecule has 0 bridgehead atoms. The van der Waals surface area contributed by atoms with Gasteiger partial charge in [-0.2, -0.15) is 17.7 Å². The maximum atomic E-state index is 12.9. The van der Waals surface area contributed by atoms with Gasteiger partial charge in [-0.3, -0.25) is 0 Å². The van der Waals surface area contributed by atoms with Crippen LogP contribution in [-0.2, 0) is 6.18 Å². The van der Waals surface area contributed by atoms with Crippen LogP contribution in [0.15, 0.2) is 12.1 Å². The standard InChI is InChI=1S/C12H15F3N6/c1-2-5-20(8-6-16-7-8)10-4-3-9-17-18-11(12(13,14)15)21(9)19-10/h3-4,8,16H,2,5-7H2,1H3. The van der Waals surface area contributed by atoms with Crippen LogP contribution in [0.25, 0.3) is 5.65 Å². The smallest absolute Gasteiger partial charge is 0.350 e. The molecular formula is C12H15F3N6. The van der Waals surface area contributed by atoms with Crippen molar-refractivity contribution in [3.05, 3.63) is 18.0 Å². The number of rotatable bonds is 4. The SMILES string of the molecule is CCCN(c1ccc2nnc(C(F)(F)F)n2n1)C1CNC1. The molecule has 0 amide bonds. The minimum atomic E-state index is -4.57. The van der Waals surface area contributed by atoms with Gasteiger partial charge in [-0.1, -0.05) is 6.92 Å². The van der Waals surface area contributed by atoms with E-state index in [1.807, 2.05) is 11.8 Å². The fourth-order valence-corrected chi connectivity index (χ4v) is 2.33. The van der Waals surface area contributed by atoms with E-state index < -0.39 is 12.0 Å². The highest BCUT2D eigenvalue weighted by Crippen LogP contribution is 2.28. The number of aromatic nitrogens is 4. The third kappa shape index (κ3) is 2.53. The number of fused-ring (bicyclic) bond motifs is 1. The highest BCUT2D eigenvalue weighted by atomic mass is 19.4. The Kier molecular flexibility index (Phi) is 3.44. The number of anilines is 1. The maximum absolute atomic E-state index is 12.9. The normalized spacial score (nSPS) is 16.2. The fraction of sp³-hybridized carbons (Fsp3) is 0.583. The molecule has 0 saturated carbocycles. The van der Waals surface area contributed by atoms with Crippen LogP contribution in [0.5, 0.6) is 0 Å². The second-order valence-electron chi connectivity index (χ2n) is 4.99. The van der Waals surface area contributed by atoms with Crippen molar-refractivity contribution in [1.29, 1.82) is 0 Å². The zero-order valence-electron chi connectivity index (χ0n) is 11.4. The number of nitrogens with zero attached hydrogens (tertiary/aromatic N) is 5. The van der Waals surface area contributed by atoms with Gasteiger partial charge in [0.25, 0.3) is 5.82 Å². The summed E-state index contributed by atoms with van der Waals surface area (Å²) < 4.78 is 39.4. The molecule has 21 heavy (non-hydrogen) atoms. The van der Waals surface area contributed by atoms with Crippen LogP contribution in [0.1, 0.15) is 19.2 Å². The van der Waals surface area contributed by atoms with Crippen molar-refractivity contribution in [3.63, 3.8) is 0 Å². The van der Waals surface area contributed by atoms with E-state index >= 15 is 0 Å². The minimum absolute atomic E-state index is 0.0919. The highest BCUT2D eigenvalue weighted by molar-refractivity contribution is 5.47. The van der Waals surface area contributed by atoms with Crippen molar-refractivity contribution in [3.8, 4) is 0 Å². The molecule has 1 aliphatic rings. The molecule has 1 fully saturated rings. The quantitative estimate of drug-likeness (QED) is 0.923. The molecule has 2 aromatic rings. The first-order valence-electron chi connectivity index (χ1n) is 6.77. The van der Waals surface area contributed by atoms with E-state index in [1.54, 1.807) is 6.07 Å². The molecule has 0 aliphatic carbocycles. The topological polar surface area (TPSA) is 58.4 Å². The average Bonchev–Trinajstić information content (AvgIpc) is 2.78. The van der Waals surface area contributed by atoms with E-state index in [9.17, 15) is 13.2 Å². The molecule has 2 aromatic heterocycles. The Labute approximate surface area is 119 Å². The second-order valence-corrected chi connectivity index (χ2v) is 4.99. The lowest BCUT2D eigenvalue weighted by atomic mass is 10.1. The third-order valence-corrected chi connectivity index (χ3v) is 3.46. The summed E-state index contributed by atoms with van der Waals surface area (Å²) in [4.78, 5) is 2.02. The predicted octanol–water partition coefficient (Wildman–Crippen LogP) is 1.33. The van der Waals surface area contributed by atoms with Gasteiger partial charge in [0.05, 0.1) is 6.04 Å². The van der Waals surface area contributed by atoms with Crippen LogP contribution >= 0.6 is 0 Å². The van der Waals surface area contributed by atoms with Gasteiger partial charge in [-0.15, -0.1) is 15.3 Å². The van der Waals surface area contributed by atoms with Crippen molar-refractivity contribution >= 4 is 11.5 Å². The lowest BCUT2D eigenvalue weighted by Gasteiger charge is -2.38. The Morgan fingerprint density at radius 2 is 2.10 bits per heavy atom. The molecule has 0 atom stereocenters. The molecule has 1 saturated heterocycles. The molecule has 1 aliphatic heterocycles. The van der Waals surface area contributed by atoms with Crippen LogP contribution in [0.3, 0.4) is 0 Å². The summed E-state index contributed by atoms with van der Waals surface area (Å²) in [7, 11) is 0. The molecule has 1 N–H and O–H groups in total. The molecule has 114 valence electrons. The first-order chi connectivity index (χ1) is 10.0.